The van der Waals surface area contributed by atoms with Gasteiger partial charge in [0.05, 0.1) is 23.6 Å². The van der Waals surface area contributed by atoms with E-state index >= 15 is 0 Å². The van der Waals surface area contributed by atoms with Crippen LogP contribution < -0.4 is 14.8 Å². The molecule has 0 saturated carbocycles. The number of amides is 1. The lowest BCUT2D eigenvalue weighted by molar-refractivity contribution is -0.386. The number of nitro benzene ring substituents is 1. The lowest BCUT2D eigenvalue weighted by atomic mass is 9.81. The van der Waals surface area contributed by atoms with Gasteiger partial charge in [-0.1, -0.05) is 20.8 Å². The fourth-order valence-electron chi connectivity index (χ4n) is 2.69. The number of rotatable bonds is 6. The molecule has 1 amide bonds. The molecule has 2 aromatic carbocycles. The highest BCUT2D eigenvalue weighted by Gasteiger charge is 2.33. The van der Waals surface area contributed by atoms with Crippen molar-refractivity contribution >= 4 is 11.8 Å². The molecule has 9 heteroatoms. The molecule has 2 aromatic rings. The fraction of sp³-hybridized carbons (Fsp3) is 0.316. The van der Waals surface area contributed by atoms with Gasteiger partial charge in [0, 0.05) is 12.1 Å². The maximum absolute atomic E-state index is 14.0. The van der Waals surface area contributed by atoms with E-state index < -0.39 is 28.3 Å². The first-order chi connectivity index (χ1) is 13.0. The predicted molar refractivity (Wildman–Crippen MR) is 99.5 cm³/mol. The van der Waals surface area contributed by atoms with Crippen molar-refractivity contribution in [2.45, 2.75) is 26.8 Å². The van der Waals surface area contributed by atoms with Gasteiger partial charge in [-0.2, -0.15) is 0 Å². The number of hydrogen-bond donors (Lipinski definition) is 2. The Bertz CT molecular complexity index is 894. The van der Waals surface area contributed by atoms with Crippen LogP contribution in [0.2, 0.25) is 0 Å². The Hall–Kier alpha value is -3.36. The van der Waals surface area contributed by atoms with Crippen molar-refractivity contribution in [3.05, 3.63) is 57.9 Å². The molecule has 0 radical (unpaired) electrons. The van der Waals surface area contributed by atoms with Crippen molar-refractivity contribution in [2.75, 3.05) is 7.11 Å². The average Bonchev–Trinajstić information content (AvgIpc) is 2.60. The molecular formula is C19H21FN2O6. The number of nitrogens with one attached hydrogen (secondary N) is 1. The first-order valence-electron chi connectivity index (χ1n) is 8.32. The van der Waals surface area contributed by atoms with Crippen LogP contribution in [0.5, 0.6) is 17.2 Å². The molecule has 0 aromatic heterocycles. The van der Waals surface area contributed by atoms with Crippen LogP contribution in [0.3, 0.4) is 0 Å². The summed E-state index contributed by atoms with van der Waals surface area (Å²) >= 11 is 0. The van der Waals surface area contributed by atoms with E-state index in [-0.39, 0.29) is 22.7 Å². The van der Waals surface area contributed by atoms with E-state index in [0.29, 0.717) is 5.75 Å². The summed E-state index contributed by atoms with van der Waals surface area (Å²) in [6.45, 7) is 5.23. The highest BCUT2D eigenvalue weighted by Crippen LogP contribution is 2.40. The predicted octanol–water partition coefficient (Wildman–Crippen LogP) is 4.89. The number of nitro groups is 1. The Morgan fingerprint density at radius 2 is 1.86 bits per heavy atom. The zero-order chi connectivity index (χ0) is 21.1. The van der Waals surface area contributed by atoms with Gasteiger partial charge in [-0.05, 0) is 29.7 Å². The number of methoxy groups -OCH3 is 1. The maximum Gasteiger partial charge on any atom is 0.405 e. The SMILES string of the molecule is COc1ccc(F)c(Oc2ccc([N+](=O)[O-])c(C(NC(=O)O)C(C)(C)C)c2)c1. The minimum atomic E-state index is -1.32. The van der Waals surface area contributed by atoms with Crippen LogP contribution in [-0.2, 0) is 0 Å². The second-order valence-corrected chi connectivity index (χ2v) is 7.12. The number of hydrogen-bond acceptors (Lipinski definition) is 5. The summed E-state index contributed by atoms with van der Waals surface area (Å²) in [5.74, 6) is -0.276. The second-order valence-electron chi connectivity index (χ2n) is 7.12. The molecule has 0 aliphatic heterocycles. The average molecular weight is 392 g/mol. The van der Waals surface area contributed by atoms with E-state index in [1.165, 1.54) is 43.5 Å². The summed E-state index contributed by atoms with van der Waals surface area (Å²) < 4.78 is 24.6. The molecule has 1 unspecified atom stereocenters. The Labute approximate surface area is 161 Å². The molecule has 0 saturated heterocycles. The first-order valence-corrected chi connectivity index (χ1v) is 8.32. The minimum Gasteiger partial charge on any atom is -0.497 e. The van der Waals surface area contributed by atoms with Crippen LogP contribution in [-0.4, -0.2) is 23.2 Å². The molecular weight excluding hydrogens is 371 g/mol. The highest BCUT2D eigenvalue weighted by atomic mass is 19.1. The van der Waals surface area contributed by atoms with Crippen LogP contribution in [0.4, 0.5) is 14.9 Å². The fourth-order valence-corrected chi connectivity index (χ4v) is 2.69. The molecule has 8 nitrogen and oxygen atoms in total. The Morgan fingerprint density at radius 1 is 1.21 bits per heavy atom. The van der Waals surface area contributed by atoms with Gasteiger partial charge in [-0.25, -0.2) is 9.18 Å². The molecule has 0 fully saturated rings. The van der Waals surface area contributed by atoms with Crippen LogP contribution in [0.1, 0.15) is 32.4 Å². The lowest BCUT2D eigenvalue weighted by Gasteiger charge is -2.30. The molecule has 2 rings (SSSR count). The molecule has 0 bridgehead atoms. The molecule has 0 aliphatic rings. The normalized spacial score (nSPS) is 12.2. The van der Waals surface area contributed by atoms with E-state index in [0.717, 1.165) is 0 Å². The Balaban J connectivity index is 2.53. The van der Waals surface area contributed by atoms with Crippen LogP contribution in [0, 0.1) is 21.3 Å². The summed E-state index contributed by atoms with van der Waals surface area (Å²) in [5, 5.41) is 22.9. The summed E-state index contributed by atoms with van der Waals surface area (Å²) in [4.78, 5) is 22.1. The Kier molecular flexibility index (Phi) is 6.07. The van der Waals surface area contributed by atoms with Crippen LogP contribution in [0.15, 0.2) is 36.4 Å². The van der Waals surface area contributed by atoms with Gasteiger partial charge in [0.2, 0.25) is 0 Å². The van der Waals surface area contributed by atoms with Gasteiger partial charge >= 0.3 is 6.09 Å². The van der Waals surface area contributed by atoms with Gasteiger partial charge in [0.1, 0.15) is 11.5 Å². The number of carboxylic acid groups (broad SMARTS) is 1. The maximum atomic E-state index is 14.0. The third kappa shape index (κ3) is 4.87. The van der Waals surface area contributed by atoms with E-state index in [4.69, 9.17) is 14.6 Å². The lowest BCUT2D eigenvalue weighted by Crippen LogP contribution is -2.36. The summed E-state index contributed by atoms with van der Waals surface area (Å²) in [5.41, 5.74) is -0.837. The summed E-state index contributed by atoms with van der Waals surface area (Å²) in [6, 6.07) is 6.90. The summed E-state index contributed by atoms with van der Waals surface area (Å²) in [7, 11) is 1.42. The second kappa shape index (κ2) is 8.12. The number of ether oxygens (including phenoxy) is 2. The van der Waals surface area contributed by atoms with Crippen molar-refractivity contribution in [3.8, 4) is 17.2 Å². The monoisotopic (exact) mass is 392 g/mol. The van der Waals surface area contributed by atoms with E-state index in [9.17, 15) is 19.3 Å². The van der Waals surface area contributed by atoms with Crippen molar-refractivity contribution in [1.29, 1.82) is 0 Å². The van der Waals surface area contributed by atoms with Crippen molar-refractivity contribution < 1.29 is 28.7 Å². The van der Waals surface area contributed by atoms with Gasteiger partial charge < -0.3 is 19.9 Å². The smallest absolute Gasteiger partial charge is 0.405 e. The van der Waals surface area contributed by atoms with Crippen LogP contribution >= 0.6 is 0 Å². The molecule has 0 spiro atoms. The van der Waals surface area contributed by atoms with E-state index in [2.05, 4.69) is 5.32 Å². The quantitative estimate of drug-likeness (QED) is 0.535. The molecule has 0 aliphatic carbocycles. The first kappa shape index (κ1) is 20.9. The highest BCUT2D eigenvalue weighted by molar-refractivity contribution is 5.66. The molecule has 0 heterocycles. The Morgan fingerprint density at radius 3 is 2.39 bits per heavy atom. The minimum absolute atomic E-state index is 0.112. The van der Waals surface area contributed by atoms with Gasteiger partial charge in [-0.3, -0.25) is 10.1 Å². The standard InChI is InChI=1S/C19H21FN2O6/c1-19(2,3)17(21-18(23)24)13-9-12(6-8-15(13)22(25)26)28-16-10-11(27-4)5-7-14(16)20/h5-10,17,21H,1-4H3,(H,23,24). The number of carbonyl (C=O) groups is 1. The van der Waals surface area contributed by atoms with Gasteiger partial charge in [0.25, 0.3) is 5.69 Å². The van der Waals surface area contributed by atoms with Crippen LogP contribution in [0.25, 0.3) is 0 Å². The molecule has 1 atom stereocenters. The van der Waals surface area contributed by atoms with E-state index in [1.807, 2.05) is 0 Å². The van der Waals surface area contributed by atoms with E-state index in [1.54, 1.807) is 20.8 Å². The summed E-state index contributed by atoms with van der Waals surface area (Å²) in [6.07, 6.45) is -1.32. The van der Waals surface area contributed by atoms with Crippen molar-refractivity contribution in [2.24, 2.45) is 5.41 Å². The zero-order valence-corrected chi connectivity index (χ0v) is 15.9. The van der Waals surface area contributed by atoms with Crippen molar-refractivity contribution in [1.82, 2.24) is 5.32 Å². The largest absolute Gasteiger partial charge is 0.497 e. The number of benzene rings is 2. The third-order valence-corrected chi connectivity index (χ3v) is 4.01. The van der Waals surface area contributed by atoms with Gasteiger partial charge in [0.15, 0.2) is 11.6 Å². The molecule has 150 valence electrons. The molecule has 28 heavy (non-hydrogen) atoms. The van der Waals surface area contributed by atoms with Gasteiger partial charge in [-0.15, -0.1) is 0 Å². The topological polar surface area (TPSA) is 111 Å². The van der Waals surface area contributed by atoms with Crippen molar-refractivity contribution in [3.63, 3.8) is 0 Å². The number of halogens is 1. The molecule has 2 N–H and O–H groups in total. The number of nitrogens with zero attached hydrogens (tertiary/aromatic N) is 1. The zero-order valence-electron chi connectivity index (χ0n) is 15.9. The third-order valence-electron chi connectivity index (χ3n) is 4.01.